The van der Waals surface area contributed by atoms with Gasteiger partial charge in [-0.15, -0.1) is 0 Å². The lowest BCUT2D eigenvalue weighted by Crippen LogP contribution is -2.47. The van der Waals surface area contributed by atoms with Crippen molar-refractivity contribution in [3.8, 4) is 5.75 Å². The number of hydrogen-bond acceptors (Lipinski definition) is 3. The number of halogens is 4. The maximum atomic E-state index is 13.3. The molecule has 138 valence electrons. The maximum absolute atomic E-state index is 13.3. The Morgan fingerprint density at radius 2 is 1.92 bits per heavy atom. The molecule has 0 radical (unpaired) electrons. The highest BCUT2D eigenvalue weighted by molar-refractivity contribution is 5.97. The van der Waals surface area contributed by atoms with E-state index in [-0.39, 0.29) is 11.6 Å². The molecule has 4 nitrogen and oxygen atoms in total. The van der Waals surface area contributed by atoms with E-state index in [1.807, 2.05) is 7.05 Å². The van der Waals surface area contributed by atoms with E-state index in [4.69, 9.17) is 0 Å². The molecule has 3 heterocycles. The third-order valence-electron chi connectivity index (χ3n) is 4.77. The van der Waals surface area contributed by atoms with E-state index in [0.717, 1.165) is 25.5 Å². The van der Waals surface area contributed by atoms with E-state index in [2.05, 4.69) is 9.64 Å². The number of hydrogen-bond donors (Lipinski definition) is 0. The van der Waals surface area contributed by atoms with Gasteiger partial charge < -0.3 is 14.5 Å². The summed E-state index contributed by atoms with van der Waals surface area (Å²) in [7, 11) is 1.99. The van der Waals surface area contributed by atoms with Crippen molar-refractivity contribution in [2.45, 2.75) is 31.4 Å². The minimum Gasteiger partial charge on any atom is -0.427 e. The number of alkyl halides is 4. The Morgan fingerprint density at radius 1 is 1.20 bits per heavy atom. The SMILES string of the molecule is CN1CC2CCC(C1)N(C(=O)c1ccccc1OC(F)(F)C(F)F)C2. The lowest BCUT2D eigenvalue weighted by molar-refractivity contribution is -0.253. The number of carbonyl (C=O) groups is 1. The molecular formula is C17H20F4N2O2. The van der Waals surface area contributed by atoms with Gasteiger partial charge in [0, 0.05) is 25.7 Å². The fourth-order valence-electron chi connectivity index (χ4n) is 3.64. The van der Waals surface area contributed by atoms with Crippen LogP contribution in [0.25, 0.3) is 0 Å². The third-order valence-corrected chi connectivity index (χ3v) is 4.77. The Bertz CT molecular complexity index is 641. The van der Waals surface area contributed by atoms with E-state index in [0.29, 0.717) is 19.0 Å². The summed E-state index contributed by atoms with van der Waals surface area (Å²) in [5.74, 6) is -0.653. The van der Waals surface area contributed by atoms with Gasteiger partial charge in [-0.05, 0) is 37.9 Å². The second kappa shape index (κ2) is 6.82. The Morgan fingerprint density at radius 3 is 2.64 bits per heavy atom. The number of carbonyl (C=O) groups excluding carboxylic acids is 1. The number of ether oxygens (including phenoxy) is 1. The molecule has 4 rings (SSSR count). The van der Waals surface area contributed by atoms with Crippen molar-refractivity contribution in [2.24, 2.45) is 5.92 Å². The van der Waals surface area contributed by atoms with E-state index in [1.165, 1.54) is 18.2 Å². The molecule has 25 heavy (non-hydrogen) atoms. The lowest BCUT2D eigenvalue weighted by Gasteiger charge is -2.36. The van der Waals surface area contributed by atoms with Crippen molar-refractivity contribution in [2.75, 3.05) is 26.7 Å². The lowest BCUT2D eigenvalue weighted by atomic mass is 9.94. The van der Waals surface area contributed by atoms with Gasteiger partial charge in [0.1, 0.15) is 5.75 Å². The molecule has 3 aliphatic rings. The summed E-state index contributed by atoms with van der Waals surface area (Å²) >= 11 is 0. The molecule has 0 spiro atoms. The monoisotopic (exact) mass is 360 g/mol. The number of nitrogens with zero attached hydrogens (tertiary/aromatic N) is 2. The number of rotatable bonds is 4. The summed E-state index contributed by atoms with van der Waals surface area (Å²) in [6, 6.07) is 5.31. The molecule has 1 aromatic carbocycles. The average Bonchev–Trinajstić information content (AvgIpc) is 2.83. The third kappa shape index (κ3) is 3.73. The number of benzene rings is 1. The fraction of sp³-hybridized carbons (Fsp3) is 0.588. The van der Waals surface area contributed by atoms with Crippen molar-refractivity contribution >= 4 is 5.91 Å². The molecule has 2 unspecified atom stereocenters. The van der Waals surface area contributed by atoms with Gasteiger partial charge in [0.05, 0.1) is 5.56 Å². The van der Waals surface area contributed by atoms with Crippen molar-refractivity contribution in [3.05, 3.63) is 29.8 Å². The second-order valence-corrected chi connectivity index (χ2v) is 6.74. The number of para-hydroxylation sites is 1. The summed E-state index contributed by atoms with van der Waals surface area (Å²) < 4.78 is 55.6. The molecule has 2 bridgehead atoms. The minimum absolute atomic E-state index is 0.0140. The van der Waals surface area contributed by atoms with E-state index >= 15 is 0 Å². The van der Waals surface area contributed by atoms with Crippen LogP contribution in [-0.2, 0) is 0 Å². The highest BCUT2D eigenvalue weighted by Crippen LogP contribution is 2.33. The zero-order valence-electron chi connectivity index (χ0n) is 13.8. The molecule has 2 atom stereocenters. The summed E-state index contributed by atoms with van der Waals surface area (Å²) in [6.45, 7) is 2.12. The van der Waals surface area contributed by atoms with Crippen molar-refractivity contribution < 1.29 is 27.1 Å². The van der Waals surface area contributed by atoms with Gasteiger partial charge >= 0.3 is 12.5 Å². The zero-order valence-corrected chi connectivity index (χ0v) is 13.8. The summed E-state index contributed by atoms with van der Waals surface area (Å²) in [6.07, 6.45) is -6.76. The highest BCUT2D eigenvalue weighted by Gasteiger charge is 2.45. The highest BCUT2D eigenvalue weighted by atomic mass is 19.3. The van der Waals surface area contributed by atoms with Crippen molar-refractivity contribution in [1.29, 1.82) is 0 Å². The van der Waals surface area contributed by atoms with Crippen LogP contribution in [0.15, 0.2) is 24.3 Å². The quantitative estimate of drug-likeness (QED) is 0.774. The van der Waals surface area contributed by atoms with E-state index in [9.17, 15) is 22.4 Å². The van der Waals surface area contributed by atoms with Gasteiger partial charge in [-0.1, -0.05) is 12.1 Å². The van der Waals surface area contributed by atoms with Crippen molar-refractivity contribution in [1.82, 2.24) is 9.80 Å². The number of likely N-dealkylation sites (N-methyl/N-ethyl adjacent to an activating group) is 1. The first-order valence-electron chi connectivity index (χ1n) is 8.21. The molecule has 3 aliphatic heterocycles. The van der Waals surface area contributed by atoms with Crippen LogP contribution in [0.4, 0.5) is 17.6 Å². The predicted molar refractivity (Wildman–Crippen MR) is 83.1 cm³/mol. The van der Waals surface area contributed by atoms with Crippen LogP contribution in [0.3, 0.4) is 0 Å². The Hall–Kier alpha value is -1.83. The van der Waals surface area contributed by atoms with E-state index < -0.39 is 24.2 Å². The summed E-state index contributed by atoms with van der Waals surface area (Å²) in [5, 5.41) is 0. The van der Waals surface area contributed by atoms with Crippen LogP contribution in [0.1, 0.15) is 23.2 Å². The molecule has 0 saturated carbocycles. The first-order chi connectivity index (χ1) is 11.8. The molecule has 3 saturated heterocycles. The van der Waals surface area contributed by atoms with Crippen LogP contribution in [0, 0.1) is 5.92 Å². The Kier molecular flexibility index (Phi) is 4.90. The molecule has 8 heteroatoms. The van der Waals surface area contributed by atoms with Gasteiger partial charge in [-0.3, -0.25) is 4.79 Å². The van der Waals surface area contributed by atoms with Gasteiger partial charge in [-0.25, -0.2) is 0 Å². The molecule has 0 aromatic heterocycles. The normalized spacial score (nSPS) is 24.5. The molecule has 0 aliphatic carbocycles. The van der Waals surface area contributed by atoms with Gasteiger partial charge in [0.25, 0.3) is 5.91 Å². The predicted octanol–water partition coefficient (Wildman–Crippen LogP) is 3.09. The largest absolute Gasteiger partial charge is 0.461 e. The fourth-order valence-corrected chi connectivity index (χ4v) is 3.64. The summed E-state index contributed by atoms with van der Waals surface area (Å²) in [4.78, 5) is 16.7. The zero-order chi connectivity index (χ0) is 18.2. The maximum Gasteiger partial charge on any atom is 0.461 e. The Balaban J connectivity index is 1.86. The molecule has 1 aromatic rings. The number of fused-ring (bicyclic) bond motifs is 4. The average molecular weight is 360 g/mol. The van der Waals surface area contributed by atoms with Crippen LogP contribution < -0.4 is 4.74 Å². The van der Waals surface area contributed by atoms with Crippen LogP contribution in [-0.4, -0.2) is 61.0 Å². The van der Waals surface area contributed by atoms with Gasteiger partial charge in [0.15, 0.2) is 0 Å². The number of piperidine rings is 1. The first kappa shape index (κ1) is 18.0. The minimum atomic E-state index is -4.64. The van der Waals surface area contributed by atoms with Crippen molar-refractivity contribution in [3.63, 3.8) is 0 Å². The van der Waals surface area contributed by atoms with Gasteiger partial charge in [-0.2, -0.15) is 17.6 Å². The smallest absolute Gasteiger partial charge is 0.427 e. The molecule has 1 amide bonds. The standard InChI is InChI=1S/C17H20F4N2O2/c1-22-8-11-6-7-12(10-22)23(9-11)15(24)13-4-2-3-5-14(13)25-17(20,21)16(18)19/h2-5,11-12,16H,6-10H2,1H3. The summed E-state index contributed by atoms with van der Waals surface area (Å²) in [5.41, 5.74) is -0.113. The molecule has 3 fully saturated rings. The second-order valence-electron chi connectivity index (χ2n) is 6.74. The first-order valence-corrected chi connectivity index (χ1v) is 8.21. The van der Waals surface area contributed by atoms with Gasteiger partial charge in [0.2, 0.25) is 0 Å². The molecular weight excluding hydrogens is 340 g/mol. The van der Waals surface area contributed by atoms with Crippen LogP contribution in [0.2, 0.25) is 0 Å². The Labute approximate surface area is 143 Å². The molecule has 0 N–H and O–H groups in total. The number of amides is 1. The van der Waals surface area contributed by atoms with Crippen LogP contribution in [0.5, 0.6) is 5.75 Å². The van der Waals surface area contributed by atoms with Crippen LogP contribution >= 0.6 is 0 Å². The topological polar surface area (TPSA) is 32.8 Å². The van der Waals surface area contributed by atoms with E-state index in [1.54, 1.807) is 4.90 Å².